The molecule has 7 N–H and O–H groups in total. The van der Waals surface area contributed by atoms with Gasteiger partial charge < -0.3 is 50.8 Å². The Morgan fingerprint density at radius 1 is 0.950 bits per heavy atom. The van der Waals surface area contributed by atoms with E-state index in [1.807, 2.05) is 42.2 Å². The highest BCUT2D eigenvalue weighted by Gasteiger charge is 2.56. The number of carbonyl (C=O) groups excluding carboxylic acids is 1. The topological polar surface area (TPSA) is 261 Å². The van der Waals surface area contributed by atoms with Gasteiger partial charge in [-0.2, -0.15) is 14.8 Å². The molecule has 0 radical (unpaired) electrons. The summed E-state index contributed by atoms with van der Waals surface area (Å²) in [4.78, 5) is 38.0. The molecular weight excluding hydrogens is 775 g/mol. The normalized spacial score (nSPS) is 22.0. The van der Waals surface area contributed by atoms with Crippen LogP contribution >= 0.6 is 0 Å². The van der Waals surface area contributed by atoms with Crippen LogP contribution in [0.1, 0.15) is 58.2 Å². The molecule has 0 bridgehead atoms. The zero-order valence-corrected chi connectivity index (χ0v) is 32.7. The highest BCUT2D eigenvalue weighted by molar-refractivity contribution is 5.94. The van der Waals surface area contributed by atoms with Gasteiger partial charge in [0.25, 0.3) is 5.91 Å². The monoisotopic (exact) mass is 819 g/mol. The Bertz CT molecular complexity index is 2450. The first kappa shape index (κ1) is 39.0. The van der Waals surface area contributed by atoms with Crippen molar-refractivity contribution >= 4 is 34.7 Å². The van der Waals surface area contributed by atoms with E-state index >= 15 is 0 Å². The number of primary amides is 1. The van der Waals surface area contributed by atoms with Crippen molar-refractivity contribution in [1.29, 1.82) is 0 Å². The van der Waals surface area contributed by atoms with Crippen molar-refractivity contribution in [3.63, 3.8) is 0 Å². The quantitative estimate of drug-likeness (QED) is 0.102. The van der Waals surface area contributed by atoms with Crippen molar-refractivity contribution in [3.8, 4) is 11.5 Å². The number of hydrogen-bond donors (Lipinski definition) is 6. The first-order chi connectivity index (χ1) is 29.1. The number of nitrogens with zero attached hydrogens (tertiary/aromatic N) is 11. The predicted molar refractivity (Wildman–Crippen MR) is 216 cm³/mol. The van der Waals surface area contributed by atoms with E-state index in [0.717, 1.165) is 16.9 Å². The number of aryl methyl sites for hydroxylation is 1. The summed E-state index contributed by atoms with van der Waals surface area (Å²) >= 11 is 0. The number of aromatic hydroxyl groups is 2. The molecule has 3 saturated heterocycles. The van der Waals surface area contributed by atoms with Gasteiger partial charge in [-0.15, -0.1) is 10.2 Å². The molecule has 0 unspecified atom stereocenters. The number of imidazole rings is 1. The van der Waals surface area contributed by atoms with Crippen LogP contribution in [0.15, 0.2) is 67.0 Å². The average Bonchev–Trinajstić information content (AvgIpc) is 4.10. The van der Waals surface area contributed by atoms with Crippen molar-refractivity contribution in [1.82, 2.24) is 44.7 Å². The lowest BCUT2D eigenvalue weighted by Crippen LogP contribution is -2.47. The summed E-state index contributed by atoms with van der Waals surface area (Å²) in [6.45, 7) is 5.74. The van der Waals surface area contributed by atoms with Crippen molar-refractivity contribution in [3.05, 3.63) is 95.2 Å². The molecule has 20 heteroatoms. The second kappa shape index (κ2) is 15.9. The van der Waals surface area contributed by atoms with Crippen LogP contribution in [-0.4, -0.2) is 136 Å². The molecule has 0 spiro atoms. The SMILES string of the molecule is CCn1nnc([C@@]2(n3cnc4c(NCC(c5ccc(O)cc5)c5ccc(O)cc5)nc(N5CC[C@@H](c6nc(N7CCOCC7)ccc6C(N)=O)C5)nc43)OC[C@@H](O)[C@H]2O)n1. The maximum atomic E-state index is 12.7. The molecule has 0 aliphatic carbocycles. The number of morpholine rings is 1. The predicted octanol–water partition coefficient (Wildman–Crippen LogP) is 1.27. The van der Waals surface area contributed by atoms with Gasteiger partial charge in [-0.25, -0.2) is 9.97 Å². The number of pyridine rings is 1. The van der Waals surface area contributed by atoms with E-state index in [4.69, 9.17) is 35.1 Å². The van der Waals surface area contributed by atoms with Crippen LogP contribution in [0.2, 0.25) is 0 Å². The number of fused-ring (bicyclic) bond motifs is 1. The molecule has 3 aliphatic heterocycles. The molecule has 20 nitrogen and oxygen atoms in total. The minimum Gasteiger partial charge on any atom is -0.508 e. The van der Waals surface area contributed by atoms with Gasteiger partial charge in [0.15, 0.2) is 17.0 Å². The van der Waals surface area contributed by atoms with Gasteiger partial charge in [0.2, 0.25) is 17.5 Å². The van der Waals surface area contributed by atoms with Crippen LogP contribution in [0.5, 0.6) is 11.5 Å². The highest BCUT2D eigenvalue weighted by atomic mass is 16.6. The zero-order chi connectivity index (χ0) is 41.5. The number of aliphatic hydroxyl groups excluding tert-OH is 2. The molecule has 2 aromatic carbocycles. The Balaban J connectivity index is 1.13. The van der Waals surface area contributed by atoms with Crippen LogP contribution in [0.25, 0.3) is 11.2 Å². The minimum atomic E-state index is -1.85. The second-order valence-corrected chi connectivity index (χ2v) is 15.1. The summed E-state index contributed by atoms with van der Waals surface area (Å²) in [5, 5.41) is 59.0. The number of aliphatic hydroxyl groups is 2. The van der Waals surface area contributed by atoms with Crippen molar-refractivity contribution in [2.45, 2.75) is 49.7 Å². The van der Waals surface area contributed by atoms with Crippen molar-refractivity contribution < 1.29 is 34.7 Å². The summed E-state index contributed by atoms with van der Waals surface area (Å²) in [6, 6.07) is 17.4. The number of ether oxygens (including phenoxy) is 2. The fraction of sp³-hybridized carbons (Fsp3) is 0.400. The molecule has 60 heavy (non-hydrogen) atoms. The van der Waals surface area contributed by atoms with E-state index in [9.17, 15) is 25.2 Å². The third-order valence-corrected chi connectivity index (χ3v) is 11.5. The fourth-order valence-corrected chi connectivity index (χ4v) is 8.24. The van der Waals surface area contributed by atoms with E-state index in [1.165, 1.54) is 15.7 Å². The molecule has 3 fully saturated rings. The lowest BCUT2D eigenvalue weighted by molar-refractivity contribution is -0.0951. The van der Waals surface area contributed by atoms with E-state index in [2.05, 4.69) is 25.6 Å². The number of nitrogens with one attached hydrogen (secondary N) is 1. The van der Waals surface area contributed by atoms with Crippen LogP contribution in [0, 0.1) is 0 Å². The highest BCUT2D eigenvalue weighted by Crippen LogP contribution is 2.40. The summed E-state index contributed by atoms with van der Waals surface area (Å²) < 4.78 is 13.3. The molecule has 0 saturated carbocycles. The molecule has 1 amide bonds. The number of amides is 1. The Hall–Kier alpha value is -6.48. The number of rotatable bonds is 12. The average molecular weight is 820 g/mol. The van der Waals surface area contributed by atoms with E-state index in [-0.39, 0.29) is 41.4 Å². The summed E-state index contributed by atoms with van der Waals surface area (Å²) in [5.41, 5.74) is 7.36. The molecular formula is C40H45N13O7. The molecule has 4 aromatic heterocycles. The Morgan fingerprint density at radius 2 is 1.67 bits per heavy atom. The Labute approximate surface area is 343 Å². The number of phenolic OH excluding ortho intramolecular Hbond substituents is 2. The van der Waals surface area contributed by atoms with E-state index < -0.39 is 23.8 Å². The lowest BCUT2D eigenvalue weighted by Gasteiger charge is -2.30. The van der Waals surface area contributed by atoms with Crippen molar-refractivity contribution in [2.75, 3.05) is 67.7 Å². The van der Waals surface area contributed by atoms with Gasteiger partial charge in [-0.1, -0.05) is 24.3 Å². The summed E-state index contributed by atoms with van der Waals surface area (Å²) in [7, 11) is 0. The first-order valence-electron chi connectivity index (χ1n) is 19.9. The van der Waals surface area contributed by atoms with Gasteiger partial charge in [-0.05, 0) is 66.1 Å². The van der Waals surface area contributed by atoms with Gasteiger partial charge in [-0.3, -0.25) is 9.36 Å². The van der Waals surface area contributed by atoms with Crippen LogP contribution < -0.4 is 20.9 Å². The van der Waals surface area contributed by atoms with Crippen molar-refractivity contribution in [2.24, 2.45) is 5.73 Å². The third kappa shape index (κ3) is 7.06. The molecule has 9 rings (SSSR count). The van der Waals surface area contributed by atoms with Gasteiger partial charge >= 0.3 is 0 Å². The molecule has 3 aliphatic rings. The van der Waals surface area contributed by atoms with Crippen LogP contribution in [0.3, 0.4) is 0 Å². The second-order valence-electron chi connectivity index (χ2n) is 15.1. The standard InChI is InChI=1S/C40H45N13O7/c1-2-53-48-38(47-49-53)40(34(57)30(56)21-60-40)52-22-43-33-36(42-19-29(23-3-7-26(54)8-4-23)24-5-9-27(55)10-6-24)45-39(46-37(33)52)51-14-13-25(20-51)32-28(35(41)58)11-12-31(44-32)50-15-17-59-18-16-50/h3-12,22,25,29-30,34,54-57H,2,13-21H2,1H3,(H2,41,58)(H,42,45,46)/t25-,30-,34-,40+/m1/s1. The molecule has 7 heterocycles. The smallest absolute Gasteiger partial charge is 0.250 e. The number of aromatic nitrogens is 9. The summed E-state index contributed by atoms with van der Waals surface area (Å²) in [5.74, 6) is 0.654. The van der Waals surface area contributed by atoms with Crippen LogP contribution in [-0.2, 0) is 21.7 Å². The number of nitrogens with two attached hydrogens (primary N) is 1. The largest absolute Gasteiger partial charge is 0.508 e. The lowest BCUT2D eigenvalue weighted by atomic mass is 9.91. The number of anilines is 3. The van der Waals surface area contributed by atoms with E-state index in [0.29, 0.717) is 87.4 Å². The number of tetrazole rings is 1. The third-order valence-electron chi connectivity index (χ3n) is 11.5. The van der Waals surface area contributed by atoms with Gasteiger partial charge in [0.1, 0.15) is 35.9 Å². The number of hydrogen-bond acceptors (Lipinski definition) is 17. The van der Waals surface area contributed by atoms with Gasteiger partial charge in [0.05, 0.1) is 37.6 Å². The molecule has 6 aromatic rings. The van der Waals surface area contributed by atoms with E-state index in [1.54, 1.807) is 30.3 Å². The van der Waals surface area contributed by atoms with Crippen LogP contribution in [0.4, 0.5) is 17.6 Å². The fourth-order valence-electron chi connectivity index (χ4n) is 8.24. The van der Waals surface area contributed by atoms with Gasteiger partial charge in [0, 0.05) is 44.6 Å². The Kier molecular flexibility index (Phi) is 10.4. The number of carbonyl (C=O) groups is 1. The summed E-state index contributed by atoms with van der Waals surface area (Å²) in [6.07, 6.45) is -0.742. The zero-order valence-electron chi connectivity index (χ0n) is 32.7. The first-order valence-corrected chi connectivity index (χ1v) is 19.9. The maximum Gasteiger partial charge on any atom is 0.250 e. The minimum absolute atomic E-state index is 0.00791. The number of benzene rings is 2. The molecule has 4 atom stereocenters. The maximum absolute atomic E-state index is 12.7. The Morgan fingerprint density at radius 3 is 2.30 bits per heavy atom. The molecule has 312 valence electrons. The number of phenols is 2.